The molecule has 0 spiro atoms. The quantitative estimate of drug-likeness (QED) is 0.482. The summed E-state index contributed by atoms with van der Waals surface area (Å²) >= 11 is 0. The Hall–Kier alpha value is -0.0400. The lowest BCUT2D eigenvalue weighted by atomic mass is 9.44. The molecule has 0 aromatic rings. The molecule has 0 saturated heterocycles. The molecule has 1 nitrogen and oxygen atoms in total. The maximum Gasteiger partial charge on any atom is 0.0459 e. The smallest absolute Gasteiger partial charge is 0.0459 e. The molecule has 4 saturated carbocycles. The Labute approximate surface area is 181 Å². The van der Waals surface area contributed by atoms with E-state index in [1.165, 1.54) is 64.2 Å². The van der Waals surface area contributed by atoms with Gasteiger partial charge in [0, 0.05) is 6.61 Å². The third-order valence-electron chi connectivity index (χ3n) is 11.7. The fourth-order valence-electron chi connectivity index (χ4n) is 9.46. The zero-order chi connectivity index (χ0) is 20.8. The van der Waals surface area contributed by atoms with Crippen molar-refractivity contribution in [3.05, 3.63) is 0 Å². The van der Waals surface area contributed by atoms with Crippen LogP contribution in [0.15, 0.2) is 0 Å². The number of hydrogen-bond donors (Lipinski definition) is 1. The van der Waals surface area contributed by atoms with Crippen molar-refractivity contribution in [3.8, 4) is 0 Å². The van der Waals surface area contributed by atoms with Crippen molar-refractivity contribution in [2.75, 3.05) is 6.61 Å². The molecule has 4 aliphatic rings. The van der Waals surface area contributed by atoms with Gasteiger partial charge in [-0.25, -0.2) is 0 Å². The zero-order valence-corrected chi connectivity index (χ0v) is 20.3. The van der Waals surface area contributed by atoms with E-state index in [0.29, 0.717) is 29.3 Å². The average Bonchev–Trinajstić information content (AvgIpc) is 3.08. The lowest BCUT2D eigenvalue weighted by Gasteiger charge is -2.61. The average molecular weight is 403 g/mol. The van der Waals surface area contributed by atoms with Gasteiger partial charge in [-0.15, -0.1) is 0 Å². The van der Waals surface area contributed by atoms with Crippen molar-refractivity contribution in [1.29, 1.82) is 0 Å². The lowest BCUT2D eigenvalue weighted by Crippen LogP contribution is -2.53. The monoisotopic (exact) mass is 402 g/mol. The Kier molecular flexibility index (Phi) is 6.48. The van der Waals surface area contributed by atoms with Crippen molar-refractivity contribution < 1.29 is 5.11 Å². The molecular weight excluding hydrogens is 352 g/mol. The molecule has 10 unspecified atom stereocenters. The minimum absolute atomic E-state index is 0.349. The highest BCUT2D eigenvalue weighted by molar-refractivity contribution is 5.09. The highest BCUT2D eigenvalue weighted by Crippen LogP contribution is 2.68. The third kappa shape index (κ3) is 3.74. The maximum atomic E-state index is 9.49. The maximum absolute atomic E-state index is 9.49. The van der Waals surface area contributed by atoms with Crippen LogP contribution in [-0.4, -0.2) is 11.7 Å². The van der Waals surface area contributed by atoms with Crippen molar-refractivity contribution >= 4 is 0 Å². The van der Waals surface area contributed by atoms with Crippen LogP contribution in [0.3, 0.4) is 0 Å². The molecule has 0 aromatic carbocycles. The normalized spacial score (nSPS) is 47.6. The van der Waals surface area contributed by atoms with Crippen LogP contribution in [0.4, 0.5) is 0 Å². The predicted octanol–water partition coefficient (Wildman–Crippen LogP) is 7.72. The van der Waals surface area contributed by atoms with Gasteiger partial charge in [-0.05, 0) is 110 Å². The summed E-state index contributed by atoms with van der Waals surface area (Å²) in [4.78, 5) is 0. The Morgan fingerprint density at radius 3 is 2.28 bits per heavy atom. The van der Waals surface area contributed by atoms with E-state index in [0.717, 1.165) is 35.5 Å². The second-order valence-corrected chi connectivity index (χ2v) is 12.8. The highest BCUT2D eigenvalue weighted by atomic mass is 16.3. The summed E-state index contributed by atoms with van der Waals surface area (Å²) in [6, 6.07) is 0. The van der Waals surface area contributed by atoms with Gasteiger partial charge in [-0.3, -0.25) is 0 Å². The number of rotatable bonds is 6. The first-order valence-electron chi connectivity index (χ1n) is 13.4. The van der Waals surface area contributed by atoms with Gasteiger partial charge in [0.2, 0.25) is 0 Å². The highest BCUT2D eigenvalue weighted by Gasteiger charge is 2.60. The zero-order valence-electron chi connectivity index (χ0n) is 20.3. The van der Waals surface area contributed by atoms with Crippen LogP contribution >= 0.6 is 0 Å². The van der Waals surface area contributed by atoms with E-state index < -0.39 is 0 Å². The Bertz CT molecular complexity index is 557. The van der Waals surface area contributed by atoms with Crippen LogP contribution in [0.1, 0.15) is 112 Å². The molecule has 0 aromatic heterocycles. The minimum atomic E-state index is 0.349. The minimum Gasteiger partial charge on any atom is -0.396 e. The van der Waals surface area contributed by atoms with Gasteiger partial charge in [0.15, 0.2) is 0 Å². The summed E-state index contributed by atoms with van der Waals surface area (Å²) in [6.07, 6.45) is 17.9. The van der Waals surface area contributed by atoms with Crippen LogP contribution in [0, 0.1) is 58.2 Å². The predicted molar refractivity (Wildman–Crippen MR) is 124 cm³/mol. The van der Waals surface area contributed by atoms with E-state index in [1.54, 1.807) is 12.8 Å². The summed E-state index contributed by atoms with van der Waals surface area (Å²) in [5.41, 5.74) is 1.30. The van der Waals surface area contributed by atoms with E-state index in [1.807, 2.05) is 0 Å². The first kappa shape index (κ1) is 22.2. The fourth-order valence-corrected chi connectivity index (χ4v) is 9.46. The Morgan fingerprint density at radius 2 is 1.52 bits per heavy atom. The van der Waals surface area contributed by atoms with Crippen LogP contribution < -0.4 is 0 Å². The Balaban J connectivity index is 1.44. The molecular formula is C28H50O. The molecule has 0 aliphatic heterocycles. The Morgan fingerprint density at radius 1 is 0.759 bits per heavy atom. The third-order valence-corrected chi connectivity index (χ3v) is 11.7. The molecule has 4 fully saturated rings. The molecule has 4 aliphatic carbocycles. The molecule has 10 atom stereocenters. The van der Waals surface area contributed by atoms with E-state index in [9.17, 15) is 5.11 Å². The molecule has 0 radical (unpaired) electrons. The van der Waals surface area contributed by atoms with Crippen molar-refractivity contribution in [2.45, 2.75) is 112 Å². The first-order valence-corrected chi connectivity index (χ1v) is 13.4. The van der Waals surface area contributed by atoms with Gasteiger partial charge in [0.25, 0.3) is 0 Å². The molecule has 0 heterocycles. The summed E-state index contributed by atoms with van der Waals surface area (Å²) in [5.74, 6) is 7.06. The molecule has 4 rings (SSSR count). The standard InChI is InChI=1S/C28H50O/c1-19(21(3)18-29)9-10-20(2)24-13-14-25-23-12-11-22-8-6-7-16-27(22,4)26(23)15-17-28(24,25)5/h19-26,29H,6-18H2,1-5H3. The topological polar surface area (TPSA) is 20.2 Å². The second kappa shape index (κ2) is 8.48. The SMILES string of the molecule is CC(CO)C(C)CCC(C)C1CCC2C3CCC4CCCCC4(C)C3CCC12C. The van der Waals surface area contributed by atoms with Crippen molar-refractivity contribution in [1.82, 2.24) is 0 Å². The molecule has 0 bridgehead atoms. The van der Waals surface area contributed by atoms with Crippen LogP contribution in [0.5, 0.6) is 0 Å². The van der Waals surface area contributed by atoms with Gasteiger partial charge in [-0.2, -0.15) is 0 Å². The molecule has 29 heavy (non-hydrogen) atoms. The summed E-state index contributed by atoms with van der Waals surface area (Å²) < 4.78 is 0. The number of aliphatic hydroxyl groups is 1. The van der Waals surface area contributed by atoms with Crippen molar-refractivity contribution in [2.24, 2.45) is 58.2 Å². The van der Waals surface area contributed by atoms with Crippen molar-refractivity contribution in [3.63, 3.8) is 0 Å². The first-order chi connectivity index (χ1) is 13.8. The van der Waals surface area contributed by atoms with Gasteiger partial charge < -0.3 is 5.11 Å². The second-order valence-electron chi connectivity index (χ2n) is 12.8. The fraction of sp³-hybridized carbons (Fsp3) is 1.00. The molecule has 168 valence electrons. The molecule has 1 heteroatoms. The van der Waals surface area contributed by atoms with E-state index in [-0.39, 0.29) is 0 Å². The summed E-state index contributed by atoms with van der Waals surface area (Å²) in [5, 5.41) is 9.49. The lowest BCUT2D eigenvalue weighted by molar-refractivity contribution is -0.114. The van der Waals surface area contributed by atoms with E-state index >= 15 is 0 Å². The van der Waals surface area contributed by atoms with Gasteiger partial charge in [0.05, 0.1) is 0 Å². The number of hydrogen-bond acceptors (Lipinski definition) is 1. The summed E-state index contributed by atoms with van der Waals surface area (Å²) in [6.45, 7) is 12.9. The largest absolute Gasteiger partial charge is 0.396 e. The van der Waals surface area contributed by atoms with Gasteiger partial charge in [0.1, 0.15) is 0 Å². The van der Waals surface area contributed by atoms with Gasteiger partial charge in [-0.1, -0.05) is 60.3 Å². The number of fused-ring (bicyclic) bond motifs is 5. The van der Waals surface area contributed by atoms with E-state index in [4.69, 9.17) is 0 Å². The van der Waals surface area contributed by atoms with Crippen LogP contribution in [-0.2, 0) is 0 Å². The number of aliphatic hydroxyl groups excluding tert-OH is 1. The van der Waals surface area contributed by atoms with Crippen LogP contribution in [0.25, 0.3) is 0 Å². The molecule has 1 N–H and O–H groups in total. The van der Waals surface area contributed by atoms with E-state index in [2.05, 4.69) is 34.6 Å². The van der Waals surface area contributed by atoms with Gasteiger partial charge >= 0.3 is 0 Å². The summed E-state index contributed by atoms with van der Waals surface area (Å²) in [7, 11) is 0. The molecule has 0 amide bonds. The van der Waals surface area contributed by atoms with Crippen LogP contribution in [0.2, 0.25) is 0 Å².